The Balaban J connectivity index is 1.71. The van der Waals surface area contributed by atoms with Crippen molar-refractivity contribution in [3.63, 3.8) is 0 Å². The fourth-order valence-corrected chi connectivity index (χ4v) is 5.01. The zero-order valence-electron chi connectivity index (χ0n) is 13.3. The van der Waals surface area contributed by atoms with E-state index >= 15 is 0 Å². The highest BCUT2D eigenvalue weighted by molar-refractivity contribution is 7.89. The second-order valence-corrected chi connectivity index (χ2v) is 8.46. The van der Waals surface area contributed by atoms with Gasteiger partial charge in [-0.3, -0.25) is 4.68 Å². The maximum absolute atomic E-state index is 12.4. The highest BCUT2D eigenvalue weighted by Gasteiger charge is 2.32. The molecule has 22 heavy (non-hydrogen) atoms. The predicted octanol–water partition coefficient (Wildman–Crippen LogP) is 1.47. The molecule has 0 saturated carbocycles. The van der Waals surface area contributed by atoms with Crippen LogP contribution in [0.3, 0.4) is 0 Å². The fraction of sp³-hybridized carbons (Fsp3) is 0.800. The molecule has 2 aliphatic rings. The van der Waals surface area contributed by atoms with Crippen molar-refractivity contribution in [3.05, 3.63) is 18.0 Å². The molecule has 7 heteroatoms. The van der Waals surface area contributed by atoms with Crippen LogP contribution in [0.1, 0.15) is 44.3 Å². The van der Waals surface area contributed by atoms with Crippen molar-refractivity contribution in [1.82, 2.24) is 19.0 Å². The first kappa shape index (κ1) is 16.0. The van der Waals surface area contributed by atoms with Gasteiger partial charge in [-0.2, -0.15) is 9.40 Å². The first-order valence-corrected chi connectivity index (χ1v) is 9.93. The van der Waals surface area contributed by atoms with E-state index in [2.05, 4.69) is 10.00 Å². The Hall–Kier alpha value is -0.920. The topological polar surface area (TPSA) is 58.4 Å². The van der Waals surface area contributed by atoms with Crippen LogP contribution in [0.4, 0.5) is 0 Å². The molecule has 1 fully saturated rings. The Morgan fingerprint density at radius 3 is 2.82 bits per heavy atom. The lowest BCUT2D eigenvalue weighted by molar-refractivity contribution is 0.226. The first-order chi connectivity index (χ1) is 10.6. The number of hydrogen-bond donors (Lipinski definition) is 0. The molecule has 0 unspecified atom stereocenters. The number of sulfonamides is 1. The molecule has 1 atom stereocenters. The van der Waals surface area contributed by atoms with Gasteiger partial charge in [-0.05, 0) is 44.8 Å². The molecule has 1 aromatic heterocycles. The molecule has 1 saturated heterocycles. The Morgan fingerprint density at radius 2 is 2.09 bits per heavy atom. The van der Waals surface area contributed by atoms with Gasteiger partial charge < -0.3 is 4.90 Å². The van der Waals surface area contributed by atoms with E-state index in [4.69, 9.17) is 0 Å². The van der Waals surface area contributed by atoms with E-state index in [9.17, 15) is 8.42 Å². The van der Waals surface area contributed by atoms with Gasteiger partial charge in [0.05, 0.1) is 24.0 Å². The maximum Gasteiger partial charge on any atom is 0.214 e. The number of likely N-dealkylation sites (tertiary alicyclic amines) is 1. The summed E-state index contributed by atoms with van der Waals surface area (Å²) in [6.45, 7) is 6.32. The third kappa shape index (κ3) is 3.36. The van der Waals surface area contributed by atoms with Crippen molar-refractivity contribution in [2.45, 2.75) is 45.2 Å². The van der Waals surface area contributed by atoms with Gasteiger partial charge in [0, 0.05) is 19.3 Å². The highest BCUT2D eigenvalue weighted by atomic mass is 32.2. The van der Waals surface area contributed by atoms with Crippen LogP contribution in [0.25, 0.3) is 0 Å². The van der Waals surface area contributed by atoms with Crippen LogP contribution >= 0.6 is 0 Å². The van der Waals surface area contributed by atoms with Crippen LogP contribution in [0.15, 0.2) is 12.3 Å². The largest absolute Gasteiger partial charge is 0.303 e. The van der Waals surface area contributed by atoms with Gasteiger partial charge in [0.2, 0.25) is 10.0 Å². The number of aromatic nitrogens is 2. The Bertz CT molecular complexity index is 592. The van der Waals surface area contributed by atoms with E-state index in [0.29, 0.717) is 19.5 Å². The molecule has 0 radical (unpaired) electrons. The van der Waals surface area contributed by atoms with Crippen molar-refractivity contribution < 1.29 is 8.42 Å². The van der Waals surface area contributed by atoms with Crippen LogP contribution in [-0.2, 0) is 16.6 Å². The molecule has 0 aliphatic carbocycles. The van der Waals surface area contributed by atoms with Crippen LogP contribution in [-0.4, -0.2) is 59.3 Å². The fourth-order valence-electron chi connectivity index (χ4n) is 3.50. The van der Waals surface area contributed by atoms with Crippen molar-refractivity contribution in [2.24, 2.45) is 0 Å². The van der Waals surface area contributed by atoms with E-state index in [1.54, 1.807) is 10.5 Å². The lowest BCUT2D eigenvalue weighted by atomic mass is 10.1. The van der Waals surface area contributed by atoms with Gasteiger partial charge in [-0.15, -0.1) is 0 Å². The molecule has 3 heterocycles. The minimum atomic E-state index is -3.15. The third-order valence-electron chi connectivity index (χ3n) is 4.68. The minimum absolute atomic E-state index is 0.158. The lowest BCUT2D eigenvalue weighted by Gasteiger charge is -2.34. The van der Waals surface area contributed by atoms with Gasteiger partial charge >= 0.3 is 0 Å². The molecule has 0 bridgehead atoms. The molecule has 0 N–H and O–H groups in total. The molecule has 0 amide bonds. The van der Waals surface area contributed by atoms with E-state index in [1.807, 2.05) is 17.7 Å². The number of rotatable bonds is 6. The number of nitrogens with zero attached hydrogens (tertiary/aromatic N) is 4. The summed E-state index contributed by atoms with van der Waals surface area (Å²) in [6.07, 6.45) is 5.99. The Kier molecular flexibility index (Phi) is 4.84. The van der Waals surface area contributed by atoms with Crippen molar-refractivity contribution in [3.8, 4) is 0 Å². The zero-order valence-corrected chi connectivity index (χ0v) is 14.1. The van der Waals surface area contributed by atoms with Crippen molar-refractivity contribution >= 4 is 10.0 Å². The molecule has 1 aromatic rings. The summed E-state index contributed by atoms with van der Waals surface area (Å²) in [6, 6.07) is 2.10. The molecular formula is C15H26N4O2S. The van der Waals surface area contributed by atoms with Gasteiger partial charge in [0.15, 0.2) is 0 Å². The second kappa shape index (κ2) is 6.68. The summed E-state index contributed by atoms with van der Waals surface area (Å²) < 4.78 is 28.5. The summed E-state index contributed by atoms with van der Waals surface area (Å²) in [4.78, 5) is 2.47. The van der Waals surface area contributed by atoms with Crippen LogP contribution < -0.4 is 0 Å². The summed E-state index contributed by atoms with van der Waals surface area (Å²) in [7, 11) is -3.15. The van der Waals surface area contributed by atoms with Crippen LogP contribution in [0, 0.1) is 0 Å². The lowest BCUT2D eigenvalue weighted by Crippen LogP contribution is -2.43. The minimum Gasteiger partial charge on any atom is -0.303 e. The molecule has 0 spiro atoms. The smallest absolute Gasteiger partial charge is 0.214 e. The van der Waals surface area contributed by atoms with Crippen LogP contribution in [0.2, 0.25) is 0 Å². The summed E-state index contributed by atoms with van der Waals surface area (Å²) in [5.74, 6) is 0.236. The highest BCUT2D eigenvalue weighted by Crippen LogP contribution is 2.26. The number of fused-ring (bicyclic) bond motifs is 1. The molecule has 3 rings (SSSR count). The number of hydrogen-bond acceptors (Lipinski definition) is 4. The van der Waals surface area contributed by atoms with E-state index in [1.165, 1.54) is 25.9 Å². The van der Waals surface area contributed by atoms with Crippen molar-refractivity contribution in [1.29, 1.82) is 0 Å². The molecule has 6 nitrogen and oxygen atoms in total. The van der Waals surface area contributed by atoms with Crippen molar-refractivity contribution in [2.75, 3.05) is 31.9 Å². The summed E-state index contributed by atoms with van der Waals surface area (Å²) >= 11 is 0. The monoisotopic (exact) mass is 326 g/mol. The Morgan fingerprint density at radius 1 is 1.32 bits per heavy atom. The SMILES string of the molecule is CCCS(=O)(=O)N1Cc2ccnn2[C@@H](CCN2CCCC2)C1. The molecule has 124 valence electrons. The maximum atomic E-state index is 12.4. The third-order valence-corrected chi connectivity index (χ3v) is 6.67. The first-order valence-electron chi connectivity index (χ1n) is 8.32. The van der Waals surface area contributed by atoms with Gasteiger partial charge in [0.25, 0.3) is 0 Å². The van der Waals surface area contributed by atoms with Crippen LogP contribution in [0.5, 0.6) is 0 Å². The molecular weight excluding hydrogens is 300 g/mol. The van der Waals surface area contributed by atoms with Gasteiger partial charge in [-0.1, -0.05) is 6.92 Å². The average Bonchev–Trinajstić information content (AvgIpc) is 3.15. The van der Waals surface area contributed by atoms with E-state index < -0.39 is 10.0 Å². The van der Waals surface area contributed by atoms with Gasteiger partial charge in [-0.25, -0.2) is 8.42 Å². The zero-order chi connectivity index (χ0) is 15.6. The summed E-state index contributed by atoms with van der Waals surface area (Å²) in [5.41, 5.74) is 1.01. The normalized spacial score (nSPS) is 23.8. The Labute approximate surface area is 133 Å². The average molecular weight is 326 g/mol. The van der Waals surface area contributed by atoms with Gasteiger partial charge in [0.1, 0.15) is 0 Å². The summed E-state index contributed by atoms with van der Waals surface area (Å²) in [5, 5.41) is 4.42. The predicted molar refractivity (Wildman–Crippen MR) is 86.0 cm³/mol. The quantitative estimate of drug-likeness (QED) is 0.794. The molecule has 0 aromatic carbocycles. The second-order valence-electron chi connectivity index (χ2n) is 6.37. The van der Waals surface area contributed by atoms with E-state index in [0.717, 1.165) is 18.7 Å². The standard InChI is InChI=1S/C15H26N4O2S/c1-2-11-22(20,21)18-12-14-5-7-16-19(14)15(13-18)6-10-17-8-3-4-9-17/h5,7,15H,2-4,6,8-13H2,1H3/t15-/m0/s1. The van der Waals surface area contributed by atoms with E-state index in [-0.39, 0.29) is 11.8 Å². The molecule has 2 aliphatic heterocycles.